The highest BCUT2D eigenvalue weighted by Crippen LogP contribution is 2.22. The Morgan fingerprint density at radius 3 is 2.52 bits per heavy atom. The molecule has 1 amide bonds. The summed E-state index contributed by atoms with van der Waals surface area (Å²) >= 11 is 0. The van der Waals surface area contributed by atoms with Crippen molar-refractivity contribution in [1.82, 2.24) is 19.7 Å². The van der Waals surface area contributed by atoms with Crippen molar-refractivity contribution in [3.05, 3.63) is 53.7 Å². The van der Waals surface area contributed by atoms with Crippen molar-refractivity contribution in [3.8, 4) is 0 Å². The highest BCUT2D eigenvalue weighted by atomic mass is 16.3. The first-order chi connectivity index (χ1) is 14.2. The minimum atomic E-state index is 0.0197. The van der Waals surface area contributed by atoms with Gasteiger partial charge in [0, 0.05) is 45.8 Å². The van der Waals surface area contributed by atoms with Gasteiger partial charge in [-0.25, -0.2) is 4.98 Å². The van der Waals surface area contributed by atoms with Gasteiger partial charge in [-0.05, 0) is 24.3 Å². The topological polar surface area (TPSA) is 52.8 Å². The van der Waals surface area contributed by atoms with Crippen LogP contribution in [0, 0.1) is 5.92 Å². The number of rotatable bonds is 7. The number of hydrogen-bond acceptors (Lipinski definition) is 5. The van der Waals surface area contributed by atoms with E-state index >= 15 is 0 Å². The Kier molecular flexibility index (Phi) is 6.62. The largest absolute Gasteiger partial charge is 0.447 e. The Morgan fingerprint density at radius 2 is 1.79 bits per heavy atom. The summed E-state index contributed by atoms with van der Waals surface area (Å²) in [4.78, 5) is 24.0. The van der Waals surface area contributed by atoms with Crippen LogP contribution < -0.4 is 0 Å². The molecule has 1 atom stereocenters. The van der Waals surface area contributed by atoms with E-state index in [1.165, 1.54) is 24.7 Å². The standard InChI is InChI=1S/C23H32N4O2/c1-2-6-19-9-10-27(16-19)23(28)21-18-29-22(24-21)17-26-13-11-25(12-14-26)15-20-7-4-3-5-8-20/h3-5,7-8,18-19H,2,6,9-17H2,1H3/t19-/m0/s1. The molecule has 1 aromatic carbocycles. The molecule has 6 heteroatoms. The minimum Gasteiger partial charge on any atom is -0.447 e. The van der Waals surface area contributed by atoms with Gasteiger partial charge in [-0.2, -0.15) is 0 Å². The van der Waals surface area contributed by atoms with E-state index in [1.54, 1.807) is 0 Å². The molecule has 0 bridgehead atoms. The molecule has 156 valence electrons. The maximum absolute atomic E-state index is 12.7. The number of benzene rings is 1. The summed E-state index contributed by atoms with van der Waals surface area (Å²) in [5, 5.41) is 0. The number of oxazole rings is 1. The molecule has 1 aromatic heterocycles. The number of likely N-dealkylation sites (tertiary alicyclic amines) is 1. The van der Waals surface area contributed by atoms with E-state index in [1.807, 2.05) is 4.90 Å². The third-order valence-electron chi connectivity index (χ3n) is 6.11. The average Bonchev–Trinajstić information content (AvgIpc) is 3.40. The normalized spacial score (nSPS) is 21.0. The van der Waals surface area contributed by atoms with Gasteiger partial charge in [0.05, 0.1) is 6.54 Å². The lowest BCUT2D eigenvalue weighted by molar-refractivity contribution is 0.0780. The van der Waals surface area contributed by atoms with Gasteiger partial charge in [-0.3, -0.25) is 14.6 Å². The SMILES string of the molecule is CCC[C@H]1CCN(C(=O)c2coc(CN3CCN(Cc4ccccc4)CC3)n2)C1. The van der Waals surface area contributed by atoms with Crippen molar-refractivity contribution in [2.75, 3.05) is 39.3 Å². The van der Waals surface area contributed by atoms with Gasteiger partial charge < -0.3 is 9.32 Å². The summed E-state index contributed by atoms with van der Waals surface area (Å²) in [5.41, 5.74) is 1.82. The fraction of sp³-hybridized carbons (Fsp3) is 0.565. The lowest BCUT2D eigenvalue weighted by atomic mass is 10.0. The van der Waals surface area contributed by atoms with Crippen LogP contribution in [-0.4, -0.2) is 64.9 Å². The van der Waals surface area contributed by atoms with E-state index in [0.29, 0.717) is 24.0 Å². The van der Waals surface area contributed by atoms with Crippen LogP contribution in [0.4, 0.5) is 0 Å². The van der Waals surface area contributed by atoms with E-state index in [4.69, 9.17) is 4.42 Å². The zero-order valence-electron chi connectivity index (χ0n) is 17.4. The van der Waals surface area contributed by atoms with Crippen molar-refractivity contribution in [1.29, 1.82) is 0 Å². The first kappa shape index (κ1) is 20.1. The fourth-order valence-corrected chi connectivity index (χ4v) is 4.44. The first-order valence-electron chi connectivity index (χ1n) is 10.9. The van der Waals surface area contributed by atoms with E-state index in [0.717, 1.165) is 52.2 Å². The van der Waals surface area contributed by atoms with Crippen LogP contribution in [0.3, 0.4) is 0 Å². The minimum absolute atomic E-state index is 0.0197. The highest BCUT2D eigenvalue weighted by molar-refractivity contribution is 5.92. The number of carbonyl (C=O) groups is 1. The van der Waals surface area contributed by atoms with Crippen LogP contribution >= 0.6 is 0 Å². The lowest BCUT2D eigenvalue weighted by Crippen LogP contribution is -2.45. The molecule has 0 unspecified atom stereocenters. The zero-order chi connectivity index (χ0) is 20.1. The van der Waals surface area contributed by atoms with E-state index in [9.17, 15) is 4.79 Å². The lowest BCUT2D eigenvalue weighted by Gasteiger charge is -2.34. The van der Waals surface area contributed by atoms with Crippen LogP contribution in [0.1, 0.15) is 48.1 Å². The molecule has 0 aliphatic carbocycles. The summed E-state index contributed by atoms with van der Waals surface area (Å²) in [7, 11) is 0. The van der Waals surface area contributed by atoms with Crippen LogP contribution in [-0.2, 0) is 13.1 Å². The molecule has 2 aromatic rings. The highest BCUT2D eigenvalue weighted by Gasteiger charge is 2.28. The monoisotopic (exact) mass is 396 g/mol. The second kappa shape index (κ2) is 9.55. The van der Waals surface area contributed by atoms with Crippen LogP contribution in [0.25, 0.3) is 0 Å². The Hall–Kier alpha value is -2.18. The predicted octanol–water partition coefficient (Wildman–Crippen LogP) is 3.25. The van der Waals surface area contributed by atoms with Gasteiger partial charge in [-0.1, -0.05) is 43.7 Å². The number of nitrogens with zero attached hydrogens (tertiary/aromatic N) is 4. The Labute approximate surface area is 173 Å². The second-order valence-electron chi connectivity index (χ2n) is 8.36. The molecule has 0 spiro atoms. The Bertz CT molecular complexity index is 783. The number of piperazine rings is 1. The number of amides is 1. The summed E-state index contributed by atoms with van der Waals surface area (Å²) in [6, 6.07) is 10.6. The molecule has 0 N–H and O–H groups in total. The zero-order valence-corrected chi connectivity index (χ0v) is 17.4. The molecule has 2 fully saturated rings. The molecule has 2 aliphatic rings. The summed E-state index contributed by atoms with van der Waals surface area (Å²) in [6.07, 6.45) is 5.03. The van der Waals surface area contributed by atoms with Crippen LogP contribution in [0.5, 0.6) is 0 Å². The Balaban J connectivity index is 1.24. The van der Waals surface area contributed by atoms with Gasteiger partial charge >= 0.3 is 0 Å². The third-order valence-corrected chi connectivity index (χ3v) is 6.11. The molecule has 2 saturated heterocycles. The summed E-state index contributed by atoms with van der Waals surface area (Å²) in [6.45, 7) is 9.63. The average molecular weight is 397 g/mol. The molecule has 2 aliphatic heterocycles. The first-order valence-corrected chi connectivity index (χ1v) is 10.9. The summed E-state index contributed by atoms with van der Waals surface area (Å²) < 4.78 is 5.63. The van der Waals surface area contributed by atoms with Crippen molar-refractivity contribution < 1.29 is 9.21 Å². The predicted molar refractivity (Wildman–Crippen MR) is 112 cm³/mol. The molecular weight excluding hydrogens is 364 g/mol. The molecule has 4 rings (SSSR count). The van der Waals surface area contributed by atoms with Crippen molar-refractivity contribution >= 4 is 5.91 Å². The van der Waals surface area contributed by atoms with Crippen molar-refractivity contribution in [3.63, 3.8) is 0 Å². The van der Waals surface area contributed by atoms with Gasteiger partial charge in [0.15, 0.2) is 5.69 Å². The van der Waals surface area contributed by atoms with Gasteiger partial charge in [-0.15, -0.1) is 0 Å². The van der Waals surface area contributed by atoms with Crippen LogP contribution in [0.15, 0.2) is 41.0 Å². The van der Waals surface area contributed by atoms with Crippen molar-refractivity contribution in [2.45, 2.75) is 39.3 Å². The van der Waals surface area contributed by atoms with Crippen LogP contribution in [0.2, 0.25) is 0 Å². The fourth-order valence-electron chi connectivity index (χ4n) is 4.44. The maximum atomic E-state index is 12.7. The number of carbonyl (C=O) groups excluding carboxylic acids is 1. The van der Waals surface area contributed by atoms with Gasteiger partial charge in [0.1, 0.15) is 6.26 Å². The quantitative estimate of drug-likeness (QED) is 0.719. The maximum Gasteiger partial charge on any atom is 0.275 e. The molecule has 0 saturated carbocycles. The van der Waals surface area contributed by atoms with Gasteiger partial charge in [0.2, 0.25) is 5.89 Å². The van der Waals surface area contributed by atoms with Crippen molar-refractivity contribution in [2.24, 2.45) is 5.92 Å². The van der Waals surface area contributed by atoms with Gasteiger partial charge in [0.25, 0.3) is 5.91 Å². The van der Waals surface area contributed by atoms with E-state index in [2.05, 4.69) is 52.0 Å². The smallest absolute Gasteiger partial charge is 0.275 e. The Morgan fingerprint density at radius 1 is 1.07 bits per heavy atom. The number of hydrogen-bond donors (Lipinski definition) is 0. The third kappa shape index (κ3) is 5.25. The molecule has 6 nitrogen and oxygen atoms in total. The molecular formula is C23H32N4O2. The summed E-state index contributed by atoms with van der Waals surface area (Å²) in [5.74, 6) is 1.31. The molecule has 0 radical (unpaired) electrons. The molecule has 3 heterocycles. The van der Waals surface area contributed by atoms with E-state index in [-0.39, 0.29) is 5.91 Å². The van der Waals surface area contributed by atoms with E-state index < -0.39 is 0 Å². The second-order valence-corrected chi connectivity index (χ2v) is 8.36. The number of aromatic nitrogens is 1. The molecule has 29 heavy (non-hydrogen) atoms.